The normalized spacial score (nSPS) is 26.1. The first-order valence-electron chi connectivity index (χ1n) is 4.67. The zero-order chi connectivity index (χ0) is 10.2. The van der Waals surface area contributed by atoms with Crippen LogP contribution in [0.5, 0.6) is 0 Å². The van der Waals surface area contributed by atoms with Gasteiger partial charge in [-0.3, -0.25) is 18.2 Å². The molecule has 0 spiro atoms. The molecule has 0 saturated carbocycles. The van der Waals surface area contributed by atoms with Crippen LogP contribution in [0, 0.1) is 12.1 Å². The molecule has 0 fully saturated rings. The molecule has 1 aliphatic heterocycles. The molecule has 0 unspecified atom stereocenters. The van der Waals surface area contributed by atoms with Crippen LogP contribution in [-0.2, 0) is 9.73 Å². The zero-order valence-corrected chi connectivity index (χ0v) is 11.2. The monoisotopic (exact) mass is 221 g/mol. The van der Waals surface area contributed by atoms with Crippen molar-refractivity contribution in [2.75, 3.05) is 6.54 Å². The standard InChI is InChI=1S/C11H13NOS.2Li/c1-11(2)8-9-12-14(11,13)10-6-4-3-5-7-10;;/h3-5H,8-9H2,1-2H3;;/q-2;2*+1/t14-;;/m1../s1. The molecule has 1 aromatic carbocycles. The number of benzene rings is 1. The molecule has 1 atom stereocenters. The van der Waals surface area contributed by atoms with Gasteiger partial charge < -0.3 is 12.1 Å². The van der Waals surface area contributed by atoms with Crippen LogP contribution in [0.15, 0.2) is 27.5 Å². The maximum atomic E-state index is 12.6. The van der Waals surface area contributed by atoms with Crippen molar-refractivity contribution in [3.05, 3.63) is 30.3 Å². The summed E-state index contributed by atoms with van der Waals surface area (Å²) in [6, 6.07) is 11.3. The Morgan fingerprint density at radius 1 is 1.31 bits per heavy atom. The predicted molar refractivity (Wildman–Crippen MR) is 56.5 cm³/mol. The van der Waals surface area contributed by atoms with E-state index in [1.165, 1.54) is 0 Å². The first-order chi connectivity index (χ1) is 6.56. The van der Waals surface area contributed by atoms with E-state index in [0.717, 1.165) is 6.42 Å². The molecule has 16 heavy (non-hydrogen) atoms. The quantitative estimate of drug-likeness (QED) is 0.354. The Bertz CT molecular complexity index is 450. The minimum absolute atomic E-state index is 0. The molecule has 0 aromatic heterocycles. The summed E-state index contributed by atoms with van der Waals surface area (Å²) in [6.07, 6.45) is 0.877. The second kappa shape index (κ2) is 5.81. The van der Waals surface area contributed by atoms with Gasteiger partial charge in [0, 0.05) is 9.73 Å². The maximum absolute atomic E-state index is 12.6. The van der Waals surface area contributed by atoms with Gasteiger partial charge in [0.1, 0.15) is 0 Å². The van der Waals surface area contributed by atoms with Crippen molar-refractivity contribution in [3.63, 3.8) is 0 Å². The van der Waals surface area contributed by atoms with E-state index in [0.29, 0.717) is 11.4 Å². The molecule has 2 rings (SSSR count). The molecule has 0 N–H and O–H groups in total. The van der Waals surface area contributed by atoms with Crippen molar-refractivity contribution in [1.82, 2.24) is 0 Å². The van der Waals surface area contributed by atoms with Gasteiger partial charge in [0.2, 0.25) is 0 Å². The summed E-state index contributed by atoms with van der Waals surface area (Å²) >= 11 is 0. The Morgan fingerprint density at radius 2 is 1.88 bits per heavy atom. The molecular weight excluding hydrogens is 208 g/mol. The fourth-order valence-electron chi connectivity index (χ4n) is 1.59. The second-order valence-electron chi connectivity index (χ2n) is 4.03. The van der Waals surface area contributed by atoms with Gasteiger partial charge in [-0.1, -0.05) is 0 Å². The minimum Gasteiger partial charge on any atom is -0.342 e. The summed E-state index contributed by atoms with van der Waals surface area (Å²) in [6.45, 7) is 4.68. The molecule has 0 saturated heterocycles. The number of hydrogen-bond donors (Lipinski definition) is 0. The van der Waals surface area contributed by atoms with Crippen LogP contribution in [-0.4, -0.2) is 15.5 Å². The van der Waals surface area contributed by atoms with E-state index in [4.69, 9.17) is 0 Å². The van der Waals surface area contributed by atoms with Crippen LogP contribution in [0.2, 0.25) is 0 Å². The largest absolute Gasteiger partial charge is 1.00 e. The minimum atomic E-state index is -2.30. The fourth-order valence-corrected chi connectivity index (χ4v) is 3.80. The van der Waals surface area contributed by atoms with Crippen LogP contribution in [0.4, 0.5) is 0 Å². The molecular formula is C11H13Li2NOS. The van der Waals surface area contributed by atoms with Gasteiger partial charge in [-0.15, -0.1) is 0 Å². The Morgan fingerprint density at radius 3 is 2.31 bits per heavy atom. The first kappa shape index (κ1) is 16.4. The molecule has 0 radical (unpaired) electrons. The van der Waals surface area contributed by atoms with E-state index in [9.17, 15) is 4.21 Å². The Kier molecular flexibility index (Phi) is 5.94. The summed E-state index contributed by atoms with van der Waals surface area (Å²) in [5.74, 6) is 0. The van der Waals surface area contributed by atoms with Gasteiger partial charge in [-0.05, 0) is 20.3 Å². The Balaban J connectivity index is 0.00000112. The van der Waals surface area contributed by atoms with Crippen molar-refractivity contribution >= 4 is 9.73 Å². The molecule has 1 aliphatic rings. The third-order valence-corrected chi connectivity index (χ3v) is 5.67. The number of hydrogen-bond acceptors (Lipinski definition) is 2. The van der Waals surface area contributed by atoms with Crippen molar-refractivity contribution in [3.8, 4) is 0 Å². The number of nitrogens with zero attached hydrogens (tertiary/aromatic N) is 1. The smallest absolute Gasteiger partial charge is 0.342 e. The van der Waals surface area contributed by atoms with Crippen LogP contribution in [0.25, 0.3) is 0 Å². The molecule has 1 heterocycles. The van der Waals surface area contributed by atoms with Crippen molar-refractivity contribution in [2.45, 2.75) is 29.9 Å². The van der Waals surface area contributed by atoms with Crippen LogP contribution in [0.1, 0.15) is 20.3 Å². The molecule has 76 valence electrons. The number of rotatable bonds is 1. The van der Waals surface area contributed by atoms with E-state index in [1.807, 2.05) is 19.9 Å². The molecule has 0 amide bonds. The van der Waals surface area contributed by atoms with Gasteiger partial charge in [-0.2, -0.15) is 4.90 Å². The van der Waals surface area contributed by atoms with Gasteiger partial charge in [0.25, 0.3) is 0 Å². The van der Waals surface area contributed by atoms with Crippen molar-refractivity contribution < 1.29 is 41.9 Å². The SMILES string of the molecule is CC1(C)CCN=[S@@]1(=O)c1[c-]ccc[c-]1.[Li+].[Li+]. The topological polar surface area (TPSA) is 29.4 Å². The summed E-state index contributed by atoms with van der Waals surface area (Å²) in [5, 5.41) is 0. The molecule has 1 aromatic rings. The van der Waals surface area contributed by atoms with Crippen molar-refractivity contribution in [1.29, 1.82) is 0 Å². The summed E-state index contributed by atoms with van der Waals surface area (Å²) in [7, 11) is -2.30. The first-order valence-corrected chi connectivity index (χ1v) is 6.19. The third kappa shape index (κ3) is 2.61. The molecule has 0 aliphatic carbocycles. The third-order valence-electron chi connectivity index (χ3n) is 2.63. The van der Waals surface area contributed by atoms with Gasteiger partial charge in [0.05, 0.1) is 11.3 Å². The van der Waals surface area contributed by atoms with E-state index >= 15 is 0 Å². The van der Waals surface area contributed by atoms with E-state index in [2.05, 4.69) is 16.5 Å². The second-order valence-corrected chi connectivity index (χ2v) is 6.86. The van der Waals surface area contributed by atoms with Crippen LogP contribution >= 0.6 is 0 Å². The molecule has 2 nitrogen and oxygen atoms in total. The summed E-state index contributed by atoms with van der Waals surface area (Å²) in [5.41, 5.74) is 0. The van der Waals surface area contributed by atoms with Gasteiger partial charge >= 0.3 is 37.7 Å². The van der Waals surface area contributed by atoms with E-state index in [1.54, 1.807) is 12.1 Å². The summed E-state index contributed by atoms with van der Waals surface area (Å²) < 4.78 is 16.6. The van der Waals surface area contributed by atoms with E-state index < -0.39 is 9.73 Å². The summed E-state index contributed by atoms with van der Waals surface area (Å²) in [4.78, 5) is 0.627. The van der Waals surface area contributed by atoms with Gasteiger partial charge in [0.15, 0.2) is 0 Å². The Labute approximate surface area is 122 Å². The Hall–Kier alpha value is 0.365. The van der Waals surface area contributed by atoms with Crippen molar-refractivity contribution in [2.24, 2.45) is 4.36 Å². The van der Waals surface area contributed by atoms with E-state index in [-0.39, 0.29) is 42.5 Å². The maximum Gasteiger partial charge on any atom is 1.00 e. The zero-order valence-electron chi connectivity index (χ0n) is 10.4. The average Bonchev–Trinajstić information content (AvgIpc) is 2.44. The average molecular weight is 221 g/mol. The fraction of sp³-hybridized carbons (Fsp3) is 0.455. The van der Waals surface area contributed by atoms with Crippen LogP contribution in [0.3, 0.4) is 0 Å². The molecule has 5 heteroatoms. The van der Waals surface area contributed by atoms with Gasteiger partial charge in [-0.25, -0.2) is 8.57 Å². The van der Waals surface area contributed by atoms with Crippen LogP contribution < -0.4 is 37.7 Å². The molecule has 0 bridgehead atoms. The predicted octanol–water partition coefficient (Wildman–Crippen LogP) is -3.70.